The molecule has 0 radical (unpaired) electrons. The Morgan fingerprint density at radius 3 is 2.05 bits per heavy atom. The van der Waals surface area contributed by atoms with Gasteiger partial charge in [0, 0.05) is 6.42 Å². The van der Waals surface area contributed by atoms with E-state index in [-0.39, 0.29) is 5.97 Å². The van der Waals surface area contributed by atoms with E-state index in [2.05, 4.69) is 45.2 Å². The minimum atomic E-state index is -0.254. The standard InChI is InChI=1S/C16H14I2O4/c1-3-15(19)21-12-8-13(17)16(14(18)9-12)22-11-6-4-10(20-2)5-7-11/h4-9H,3H2,1-2H3. The molecule has 0 aliphatic rings. The molecule has 22 heavy (non-hydrogen) atoms. The van der Waals surface area contributed by atoms with Crippen molar-refractivity contribution in [3.8, 4) is 23.0 Å². The van der Waals surface area contributed by atoms with E-state index >= 15 is 0 Å². The normalized spacial score (nSPS) is 10.2. The van der Waals surface area contributed by atoms with Crippen LogP contribution >= 0.6 is 45.2 Å². The topological polar surface area (TPSA) is 44.8 Å². The summed E-state index contributed by atoms with van der Waals surface area (Å²) in [6.45, 7) is 1.76. The van der Waals surface area contributed by atoms with Gasteiger partial charge in [-0.25, -0.2) is 0 Å². The predicted octanol–water partition coefficient (Wildman–Crippen LogP) is 5.01. The molecule has 0 saturated carbocycles. The molecule has 0 heterocycles. The Balaban J connectivity index is 2.21. The monoisotopic (exact) mass is 524 g/mol. The molecule has 0 aliphatic carbocycles. The van der Waals surface area contributed by atoms with Crippen LogP contribution in [-0.4, -0.2) is 13.1 Å². The minimum absolute atomic E-state index is 0.254. The summed E-state index contributed by atoms with van der Waals surface area (Å²) in [5.41, 5.74) is 0. The van der Waals surface area contributed by atoms with Crippen molar-refractivity contribution in [2.75, 3.05) is 7.11 Å². The van der Waals surface area contributed by atoms with Gasteiger partial charge in [0.1, 0.15) is 17.2 Å². The number of halogens is 2. The molecule has 2 aromatic rings. The van der Waals surface area contributed by atoms with E-state index in [9.17, 15) is 4.79 Å². The van der Waals surface area contributed by atoms with Gasteiger partial charge in [-0.3, -0.25) is 4.79 Å². The highest BCUT2D eigenvalue weighted by molar-refractivity contribution is 14.1. The van der Waals surface area contributed by atoms with Gasteiger partial charge in [-0.15, -0.1) is 0 Å². The average Bonchev–Trinajstić information content (AvgIpc) is 2.51. The van der Waals surface area contributed by atoms with E-state index in [1.54, 1.807) is 26.2 Å². The molecule has 0 atom stereocenters. The zero-order valence-corrected chi connectivity index (χ0v) is 16.4. The second-order valence-corrected chi connectivity index (χ2v) is 6.65. The Labute approximate surface area is 156 Å². The van der Waals surface area contributed by atoms with Crippen LogP contribution in [0.25, 0.3) is 0 Å². The van der Waals surface area contributed by atoms with Crippen molar-refractivity contribution < 1.29 is 19.0 Å². The Morgan fingerprint density at radius 2 is 1.55 bits per heavy atom. The third kappa shape index (κ3) is 4.48. The van der Waals surface area contributed by atoms with E-state index in [0.29, 0.717) is 12.2 Å². The number of benzene rings is 2. The number of rotatable bonds is 5. The largest absolute Gasteiger partial charge is 0.497 e. The van der Waals surface area contributed by atoms with Crippen LogP contribution in [0.1, 0.15) is 13.3 Å². The Bertz CT molecular complexity index is 645. The molecule has 0 saturated heterocycles. The number of hydrogen-bond donors (Lipinski definition) is 0. The quantitative estimate of drug-likeness (QED) is 0.314. The molecule has 0 bridgehead atoms. The summed E-state index contributed by atoms with van der Waals surface area (Å²) in [7, 11) is 1.62. The smallest absolute Gasteiger partial charge is 0.310 e. The van der Waals surface area contributed by atoms with Gasteiger partial charge in [0.05, 0.1) is 14.3 Å². The molecule has 4 nitrogen and oxygen atoms in total. The molecule has 0 aromatic heterocycles. The minimum Gasteiger partial charge on any atom is -0.497 e. The molecular formula is C16H14I2O4. The maximum Gasteiger partial charge on any atom is 0.310 e. The highest BCUT2D eigenvalue weighted by Crippen LogP contribution is 2.35. The van der Waals surface area contributed by atoms with Gasteiger partial charge in [-0.2, -0.15) is 0 Å². The number of methoxy groups -OCH3 is 1. The maximum absolute atomic E-state index is 11.4. The summed E-state index contributed by atoms with van der Waals surface area (Å²) >= 11 is 4.33. The van der Waals surface area contributed by atoms with Crippen molar-refractivity contribution in [3.63, 3.8) is 0 Å². The van der Waals surface area contributed by atoms with Crippen LogP contribution in [0.15, 0.2) is 36.4 Å². The van der Waals surface area contributed by atoms with Gasteiger partial charge in [0.15, 0.2) is 5.75 Å². The first-order valence-electron chi connectivity index (χ1n) is 6.55. The lowest BCUT2D eigenvalue weighted by atomic mass is 10.3. The molecule has 0 aliphatic heterocycles. The van der Waals surface area contributed by atoms with Crippen molar-refractivity contribution in [2.45, 2.75) is 13.3 Å². The van der Waals surface area contributed by atoms with E-state index in [1.165, 1.54) is 0 Å². The van der Waals surface area contributed by atoms with Crippen LogP contribution in [0.3, 0.4) is 0 Å². The zero-order valence-electron chi connectivity index (χ0n) is 12.1. The predicted molar refractivity (Wildman–Crippen MR) is 101 cm³/mol. The first kappa shape index (κ1) is 17.3. The summed E-state index contributed by atoms with van der Waals surface area (Å²) < 4.78 is 18.0. The lowest BCUT2D eigenvalue weighted by molar-refractivity contribution is -0.134. The van der Waals surface area contributed by atoms with Crippen LogP contribution < -0.4 is 14.2 Å². The van der Waals surface area contributed by atoms with E-state index < -0.39 is 0 Å². The summed E-state index contributed by atoms with van der Waals surface area (Å²) in [4.78, 5) is 11.4. The number of ether oxygens (including phenoxy) is 3. The van der Waals surface area contributed by atoms with Crippen molar-refractivity contribution in [1.29, 1.82) is 0 Å². The van der Waals surface area contributed by atoms with Crippen molar-refractivity contribution in [3.05, 3.63) is 43.5 Å². The van der Waals surface area contributed by atoms with Crippen LogP contribution in [-0.2, 0) is 4.79 Å². The van der Waals surface area contributed by atoms with E-state index in [1.807, 2.05) is 24.3 Å². The summed E-state index contributed by atoms with van der Waals surface area (Å²) in [6, 6.07) is 10.9. The number of carbonyl (C=O) groups excluding carboxylic acids is 1. The number of esters is 1. The van der Waals surface area contributed by atoms with Crippen molar-refractivity contribution in [1.82, 2.24) is 0 Å². The fraction of sp³-hybridized carbons (Fsp3) is 0.188. The molecule has 0 amide bonds. The SMILES string of the molecule is CCC(=O)Oc1cc(I)c(Oc2ccc(OC)cc2)c(I)c1. The first-order valence-corrected chi connectivity index (χ1v) is 8.71. The number of hydrogen-bond acceptors (Lipinski definition) is 4. The van der Waals surface area contributed by atoms with Gasteiger partial charge in [-0.1, -0.05) is 6.92 Å². The fourth-order valence-corrected chi connectivity index (χ4v) is 3.59. The van der Waals surface area contributed by atoms with Gasteiger partial charge in [0.2, 0.25) is 0 Å². The Morgan fingerprint density at radius 1 is 1.00 bits per heavy atom. The molecule has 0 unspecified atom stereocenters. The van der Waals surface area contributed by atoms with Crippen LogP contribution in [0, 0.1) is 7.14 Å². The van der Waals surface area contributed by atoms with Gasteiger partial charge >= 0.3 is 5.97 Å². The molecule has 0 spiro atoms. The van der Waals surface area contributed by atoms with Gasteiger partial charge < -0.3 is 14.2 Å². The lowest BCUT2D eigenvalue weighted by Gasteiger charge is -2.12. The van der Waals surface area contributed by atoms with Crippen molar-refractivity contribution >= 4 is 51.2 Å². The molecule has 116 valence electrons. The first-order chi connectivity index (χ1) is 10.5. The van der Waals surface area contributed by atoms with Crippen LogP contribution in [0.2, 0.25) is 0 Å². The van der Waals surface area contributed by atoms with E-state index in [0.717, 1.165) is 24.4 Å². The second kappa shape index (κ2) is 8.00. The molecule has 0 N–H and O–H groups in total. The zero-order chi connectivity index (χ0) is 16.1. The highest BCUT2D eigenvalue weighted by Gasteiger charge is 2.12. The lowest BCUT2D eigenvalue weighted by Crippen LogP contribution is -2.06. The number of carbonyl (C=O) groups is 1. The highest BCUT2D eigenvalue weighted by atomic mass is 127. The second-order valence-electron chi connectivity index (χ2n) is 4.32. The van der Waals surface area contributed by atoms with Crippen LogP contribution in [0.5, 0.6) is 23.0 Å². The molecule has 6 heteroatoms. The summed E-state index contributed by atoms with van der Waals surface area (Å²) in [5, 5.41) is 0. The summed E-state index contributed by atoms with van der Waals surface area (Å²) in [5.74, 6) is 2.51. The Hall–Kier alpha value is -1.03. The molecule has 0 fully saturated rings. The summed E-state index contributed by atoms with van der Waals surface area (Å²) in [6.07, 6.45) is 0.345. The molecule has 2 rings (SSSR count). The van der Waals surface area contributed by atoms with Crippen LogP contribution in [0.4, 0.5) is 0 Å². The average molecular weight is 524 g/mol. The molecular weight excluding hydrogens is 510 g/mol. The third-order valence-electron chi connectivity index (χ3n) is 2.77. The third-order valence-corrected chi connectivity index (χ3v) is 4.37. The van der Waals surface area contributed by atoms with Gasteiger partial charge in [0.25, 0.3) is 0 Å². The van der Waals surface area contributed by atoms with Crippen molar-refractivity contribution in [2.24, 2.45) is 0 Å². The Kier molecular flexibility index (Phi) is 6.30. The van der Waals surface area contributed by atoms with E-state index in [4.69, 9.17) is 14.2 Å². The maximum atomic E-state index is 11.4. The van der Waals surface area contributed by atoms with Gasteiger partial charge in [-0.05, 0) is 81.6 Å². The molecule has 2 aromatic carbocycles. The fourth-order valence-electron chi connectivity index (χ4n) is 1.66.